The van der Waals surface area contributed by atoms with Crippen molar-refractivity contribution in [2.75, 3.05) is 11.4 Å². The smallest absolute Gasteiger partial charge is 0.279 e. The summed E-state index contributed by atoms with van der Waals surface area (Å²) in [5.74, 6) is -1.43. The third kappa shape index (κ3) is 4.92. The Labute approximate surface area is 158 Å². The van der Waals surface area contributed by atoms with E-state index in [9.17, 15) is 19.7 Å². The van der Waals surface area contributed by atoms with Crippen molar-refractivity contribution in [1.29, 1.82) is 0 Å². The number of nitro groups is 1. The summed E-state index contributed by atoms with van der Waals surface area (Å²) in [4.78, 5) is 36.1. The fourth-order valence-electron chi connectivity index (χ4n) is 2.07. The molecule has 1 amide bonds. The van der Waals surface area contributed by atoms with E-state index in [1.54, 1.807) is 30.3 Å². The van der Waals surface area contributed by atoms with Gasteiger partial charge in [-0.15, -0.1) is 0 Å². The number of amides is 1. The number of para-hydroxylation sites is 1. The highest BCUT2D eigenvalue weighted by Crippen LogP contribution is 2.31. The van der Waals surface area contributed by atoms with Crippen LogP contribution in [0.3, 0.4) is 0 Å². The van der Waals surface area contributed by atoms with E-state index in [1.165, 1.54) is 18.2 Å². The quantitative estimate of drug-likeness (QED) is 0.326. The van der Waals surface area contributed by atoms with Crippen molar-refractivity contribution in [2.24, 2.45) is 0 Å². The van der Waals surface area contributed by atoms with Crippen LogP contribution in [0.5, 0.6) is 0 Å². The van der Waals surface area contributed by atoms with E-state index < -0.39 is 27.0 Å². The van der Waals surface area contributed by atoms with E-state index in [0.717, 1.165) is 11.0 Å². The summed E-state index contributed by atoms with van der Waals surface area (Å²) in [6.45, 7) is -0.433. The van der Waals surface area contributed by atoms with Crippen molar-refractivity contribution in [3.63, 3.8) is 0 Å². The SMILES string of the molecule is O=C(CN(C(=O)C(Cl)(Cl)Cl)c1ccccc1)c1cccc([N+](=O)[O-])c1. The second-order valence-electron chi connectivity index (χ2n) is 4.96. The Morgan fingerprint density at radius 2 is 1.68 bits per heavy atom. The van der Waals surface area contributed by atoms with Crippen LogP contribution >= 0.6 is 34.8 Å². The van der Waals surface area contributed by atoms with Crippen LogP contribution in [0, 0.1) is 10.1 Å². The molecule has 0 N–H and O–H groups in total. The number of carbonyl (C=O) groups excluding carboxylic acids is 2. The number of nitrogens with zero attached hydrogens (tertiary/aromatic N) is 2. The van der Waals surface area contributed by atoms with Crippen LogP contribution < -0.4 is 4.90 Å². The lowest BCUT2D eigenvalue weighted by atomic mass is 10.1. The van der Waals surface area contributed by atoms with Crippen LogP contribution in [0.4, 0.5) is 11.4 Å². The zero-order valence-electron chi connectivity index (χ0n) is 12.6. The van der Waals surface area contributed by atoms with Gasteiger partial charge in [0.2, 0.25) is 0 Å². The normalized spacial score (nSPS) is 11.0. The molecule has 0 saturated carbocycles. The zero-order chi connectivity index (χ0) is 18.6. The van der Waals surface area contributed by atoms with Gasteiger partial charge in [0, 0.05) is 23.4 Å². The Kier molecular flexibility index (Phi) is 6.00. The van der Waals surface area contributed by atoms with E-state index in [0.29, 0.717) is 5.69 Å². The first kappa shape index (κ1) is 19.2. The lowest BCUT2D eigenvalue weighted by Gasteiger charge is -2.25. The predicted octanol–water partition coefficient (Wildman–Crippen LogP) is 4.18. The molecule has 0 unspecified atom stereocenters. The molecule has 2 aromatic carbocycles. The molecule has 0 aliphatic rings. The molecule has 0 bridgehead atoms. The van der Waals surface area contributed by atoms with Gasteiger partial charge in [0.1, 0.15) is 0 Å². The lowest BCUT2D eigenvalue weighted by Crippen LogP contribution is -2.42. The van der Waals surface area contributed by atoms with Gasteiger partial charge in [-0.05, 0) is 12.1 Å². The highest BCUT2D eigenvalue weighted by Gasteiger charge is 2.37. The fourth-order valence-corrected chi connectivity index (χ4v) is 2.38. The standard InChI is InChI=1S/C16H11Cl3N2O4/c17-16(18,19)15(23)20(12-6-2-1-3-7-12)10-14(22)11-5-4-8-13(9-11)21(24)25/h1-9H,10H2. The third-order valence-corrected chi connectivity index (χ3v) is 3.72. The molecule has 0 aromatic heterocycles. The van der Waals surface area contributed by atoms with Crippen molar-refractivity contribution in [2.45, 2.75) is 3.79 Å². The van der Waals surface area contributed by atoms with Gasteiger partial charge >= 0.3 is 0 Å². The van der Waals surface area contributed by atoms with Gasteiger partial charge in [0.15, 0.2) is 5.78 Å². The van der Waals surface area contributed by atoms with Gasteiger partial charge in [-0.3, -0.25) is 19.7 Å². The minimum atomic E-state index is -2.25. The largest absolute Gasteiger partial charge is 0.301 e. The third-order valence-electron chi connectivity index (χ3n) is 3.24. The molecule has 6 nitrogen and oxygen atoms in total. The summed E-state index contributed by atoms with van der Waals surface area (Å²) >= 11 is 17.0. The molecule has 0 heterocycles. The minimum absolute atomic E-state index is 0.0762. The zero-order valence-corrected chi connectivity index (χ0v) is 14.8. The summed E-state index contributed by atoms with van der Waals surface area (Å²) in [7, 11) is 0. The van der Waals surface area contributed by atoms with Crippen LogP contribution in [0.1, 0.15) is 10.4 Å². The fraction of sp³-hybridized carbons (Fsp3) is 0.125. The maximum absolute atomic E-state index is 12.5. The van der Waals surface area contributed by atoms with Gasteiger partial charge in [-0.1, -0.05) is 65.1 Å². The van der Waals surface area contributed by atoms with Gasteiger partial charge < -0.3 is 4.90 Å². The molecule has 0 spiro atoms. The van der Waals surface area contributed by atoms with Crippen LogP contribution in [0.2, 0.25) is 0 Å². The average Bonchev–Trinajstić information content (AvgIpc) is 2.59. The molecule has 2 rings (SSSR count). The van der Waals surface area contributed by atoms with Crippen molar-refractivity contribution in [1.82, 2.24) is 0 Å². The first-order chi connectivity index (χ1) is 11.7. The first-order valence-electron chi connectivity index (χ1n) is 6.91. The van der Waals surface area contributed by atoms with E-state index in [1.807, 2.05) is 0 Å². The monoisotopic (exact) mass is 400 g/mol. The number of benzene rings is 2. The van der Waals surface area contributed by atoms with Crippen LogP contribution in [0.25, 0.3) is 0 Å². The Balaban J connectivity index is 2.34. The van der Waals surface area contributed by atoms with E-state index in [2.05, 4.69) is 0 Å². The molecule has 25 heavy (non-hydrogen) atoms. The van der Waals surface area contributed by atoms with Crippen LogP contribution in [-0.2, 0) is 4.79 Å². The molecular weight excluding hydrogens is 391 g/mol. The number of alkyl halides is 3. The number of non-ortho nitro benzene ring substituents is 1. The van der Waals surface area contributed by atoms with Gasteiger partial charge in [0.25, 0.3) is 15.4 Å². The van der Waals surface area contributed by atoms with Crippen LogP contribution in [-0.4, -0.2) is 27.0 Å². The number of carbonyl (C=O) groups is 2. The highest BCUT2D eigenvalue weighted by atomic mass is 35.6. The van der Waals surface area contributed by atoms with E-state index in [-0.39, 0.29) is 11.3 Å². The van der Waals surface area contributed by atoms with E-state index in [4.69, 9.17) is 34.8 Å². The maximum atomic E-state index is 12.5. The number of halogens is 3. The summed E-state index contributed by atoms with van der Waals surface area (Å²) in [5.41, 5.74) is 0.203. The molecule has 0 aliphatic heterocycles. The molecular formula is C16H11Cl3N2O4. The second kappa shape index (κ2) is 7.82. The molecule has 0 aliphatic carbocycles. The van der Waals surface area contributed by atoms with E-state index >= 15 is 0 Å². The Bertz CT molecular complexity index is 807. The molecule has 2 aromatic rings. The predicted molar refractivity (Wildman–Crippen MR) is 96.5 cm³/mol. The summed E-state index contributed by atoms with van der Waals surface area (Å²) in [6.07, 6.45) is 0. The molecule has 0 radical (unpaired) electrons. The maximum Gasteiger partial charge on any atom is 0.279 e. The molecule has 130 valence electrons. The number of nitro benzene ring substituents is 1. The summed E-state index contributed by atoms with van der Waals surface area (Å²) < 4.78 is -2.25. The van der Waals surface area contributed by atoms with Crippen molar-refractivity contribution < 1.29 is 14.5 Å². The average molecular weight is 402 g/mol. The number of rotatable bonds is 5. The second-order valence-corrected chi connectivity index (χ2v) is 7.24. The highest BCUT2D eigenvalue weighted by molar-refractivity contribution is 6.77. The van der Waals surface area contributed by atoms with Gasteiger partial charge in [0.05, 0.1) is 11.5 Å². The number of hydrogen-bond acceptors (Lipinski definition) is 4. The van der Waals surface area contributed by atoms with Gasteiger partial charge in [-0.25, -0.2) is 0 Å². The Morgan fingerprint density at radius 3 is 2.24 bits per heavy atom. The minimum Gasteiger partial charge on any atom is -0.301 e. The Hall–Kier alpha value is -2.15. The topological polar surface area (TPSA) is 80.5 Å². The first-order valence-corrected chi connectivity index (χ1v) is 8.05. The number of Topliss-reactive ketones (excluding diaryl/α,β-unsaturated/α-hetero) is 1. The van der Waals surface area contributed by atoms with Crippen molar-refractivity contribution in [3.05, 3.63) is 70.3 Å². The number of ketones is 1. The molecule has 0 saturated heterocycles. The van der Waals surface area contributed by atoms with Crippen molar-refractivity contribution in [3.8, 4) is 0 Å². The molecule has 9 heteroatoms. The van der Waals surface area contributed by atoms with Crippen molar-refractivity contribution >= 4 is 57.9 Å². The molecule has 0 fully saturated rings. The van der Waals surface area contributed by atoms with Crippen LogP contribution in [0.15, 0.2) is 54.6 Å². The summed E-state index contributed by atoms with van der Waals surface area (Å²) in [5, 5.41) is 10.8. The number of anilines is 1. The lowest BCUT2D eigenvalue weighted by molar-refractivity contribution is -0.384. The summed E-state index contributed by atoms with van der Waals surface area (Å²) in [6, 6.07) is 13.4. The Morgan fingerprint density at radius 1 is 1.04 bits per heavy atom. The number of hydrogen-bond donors (Lipinski definition) is 0. The molecule has 0 atom stereocenters. The van der Waals surface area contributed by atoms with Gasteiger partial charge in [-0.2, -0.15) is 0 Å².